The Morgan fingerprint density at radius 1 is 1.32 bits per heavy atom. The smallest absolute Gasteiger partial charge is 0.223 e. The average molecular weight is 288 g/mol. The standard InChI is InChI=1S/C13H24N2O3S/c1-9-4-3-5-12(10(9)2)15-7-11(6-13(15)16)8-19(14,17)18/h9-12H,3-8H2,1-2H3,(H2,14,17,18). The number of carbonyl (C=O) groups excluding carboxylic acids is 1. The summed E-state index contributed by atoms with van der Waals surface area (Å²) in [6.07, 6.45) is 3.74. The lowest BCUT2D eigenvalue weighted by atomic mass is 9.77. The Hall–Kier alpha value is -0.620. The Morgan fingerprint density at radius 2 is 2.00 bits per heavy atom. The van der Waals surface area contributed by atoms with Crippen LogP contribution in [-0.2, 0) is 14.8 Å². The van der Waals surface area contributed by atoms with E-state index in [2.05, 4.69) is 13.8 Å². The van der Waals surface area contributed by atoms with Crippen LogP contribution in [0, 0.1) is 17.8 Å². The molecular weight excluding hydrogens is 264 g/mol. The molecule has 4 unspecified atom stereocenters. The van der Waals surface area contributed by atoms with E-state index < -0.39 is 10.0 Å². The lowest BCUT2D eigenvalue weighted by Crippen LogP contribution is -2.45. The molecule has 2 fully saturated rings. The van der Waals surface area contributed by atoms with Crippen molar-refractivity contribution in [3.05, 3.63) is 0 Å². The molecule has 0 aromatic heterocycles. The molecule has 0 spiro atoms. The molecule has 0 aromatic rings. The summed E-state index contributed by atoms with van der Waals surface area (Å²) in [5.74, 6) is 1.01. The van der Waals surface area contributed by atoms with Crippen LogP contribution in [0.3, 0.4) is 0 Å². The van der Waals surface area contributed by atoms with E-state index in [1.165, 1.54) is 6.42 Å². The lowest BCUT2D eigenvalue weighted by molar-refractivity contribution is -0.131. The van der Waals surface area contributed by atoms with Crippen molar-refractivity contribution < 1.29 is 13.2 Å². The third-order valence-corrected chi connectivity index (χ3v) is 5.71. The summed E-state index contributed by atoms with van der Waals surface area (Å²) < 4.78 is 22.3. The molecule has 1 amide bonds. The second-order valence-corrected chi connectivity index (χ2v) is 7.94. The number of nitrogens with zero attached hydrogens (tertiary/aromatic N) is 1. The van der Waals surface area contributed by atoms with Gasteiger partial charge in [-0.25, -0.2) is 13.6 Å². The van der Waals surface area contributed by atoms with Gasteiger partial charge < -0.3 is 4.90 Å². The number of sulfonamides is 1. The van der Waals surface area contributed by atoms with E-state index >= 15 is 0 Å². The van der Waals surface area contributed by atoms with E-state index in [-0.39, 0.29) is 23.6 Å². The molecule has 19 heavy (non-hydrogen) atoms. The average Bonchev–Trinajstić information content (AvgIpc) is 2.61. The highest BCUT2D eigenvalue weighted by Gasteiger charge is 2.40. The third-order valence-electron chi connectivity index (χ3n) is 4.77. The maximum Gasteiger partial charge on any atom is 0.223 e. The first-order valence-electron chi connectivity index (χ1n) is 7.08. The van der Waals surface area contributed by atoms with Gasteiger partial charge in [-0.1, -0.05) is 26.7 Å². The monoisotopic (exact) mass is 288 g/mol. The molecule has 4 atom stereocenters. The van der Waals surface area contributed by atoms with E-state index in [0.29, 0.717) is 24.8 Å². The number of amides is 1. The predicted molar refractivity (Wildman–Crippen MR) is 73.8 cm³/mol. The zero-order chi connectivity index (χ0) is 14.2. The minimum atomic E-state index is -3.49. The van der Waals surface area contributed by atoms with Gasteiger partial charge in [-0.05, 0) is 18.3 Å². The minimum absolute atomic E-state index is 0.0775. The van der Waals surface area contributed by atoms with Crippen LogP contribution >= 0.6 is 0 Å². The van der Waals surface area contributed by atoms with Gasteiger partial charge in [-0.15, -0.1) is 0 Å². The van der Waals surface area contributed by atoms with Crippen LogP contribution in [0.15, 0.2) is 0 Å². The fourth-order valence-electron chi connectivity index (χ4n) is 3.56. The first-order valence-corrected chi connectivity index (χ1v) is 8.79. The summed E-state index contributed by atoms with van der Waals surface area (Å²) in [4.78, 5) is 14.0. The van der Waals surface area contributed by atoms with Crippen LogP contribution in [0.5, 0.6) is 0 Å². The summed E-state index contributed by atoms with van der Waals surface area (Å²) in [5, 5.41) is 5.08. The predicted octanol–water partition coefficient (Wildman–Crippen LogP) is 0.948. The number of primary sulfonamides is 1. The van der Waals surface area contributed by atoms with Crippen LogP contribution in [0.2, 0.25) is 0 Å². The summed E-state index contributed by atoms with van der Waals surface area (Å²) >= 11 is 0. The molecule has 1 saturated carbocycles. The molecule has 1 aliphatic carbocycles. The first kappa shape index (κ1) is 14.8. The fourth-order valence-corrected chi connectivity index (χ4v) is 4.44. The molecule has 2 rings (SSSR count). The Labute approximate surface area is 115 Å². The molecule has 2 N–H and O–H groups in total. The van der Waals surface area contributed by atoms with Gasteiger partial charge in [-0.2, -0.15) is 0 Å². The molecule has 1 heterocycles. The van der Waals surface area contributed by atoms with E-state index in [4.69, 9.17) is 5.14 Å². The molecule has 0 radical (unpaired) electrons. The molecule has 0 aromatic carbocycles. The minimum Gasteiger partial charge on any atom is -0.339 e. The van der Waals surface area contributed by atoms with Crippen LogP contribution in [0.4, 0.5) is 0 Å². The third kappa shape index (κ3) is 3.48. The van der Waals surface area contributed by atoms with Crippen molar-refractivity contribution in [2.24, 2.45) is 22.9 Å². The summed E-state index contributed by atoms with van der Waals surface area (Å²) in [7, 11) is -3.49. The summed E-state index contributed by atoms with van der Waals surface area (Å²) in [6, 6.07) is 0.279. The highest BCUT2D eigenvalue weighted by Crippen LogP contribution is 2.35. The van der Waals surface area contributed by atoms with Crippen molar-refractivity contribution in [1.82, 2.24) is 4.90 Å². The van der Waals surface area contributed by atoms with Crippen LogP contribution < -0.4 is 5.14 Å². The van der Waals surface area contributed by atoms with Gasteiger partial charge in [-0.3, -0.25) is 4.79 Å². The second-order valence-electron chi connectivity index (χ2n) is 6.28. The summed E-state index contributed by atoms with van der Waals surface area (Å²) in [5.41, 5.74) is 0. The largest absolute Gasteiger partial charge is 0.339 e. The molecule has 2 aliphatic rings. The van der Waals surface area contributed by atoms with Crippen molar-refractivity contribution >= 4 is 15.9 Å². The van der Waals surface area contributed by atoms with Gasteiger partial charge in [0.25, 0.3) is 0 Å². The number of hydrogen-bond donors (Lipinski definition) is 1. The van der Waals surface area contributed by atoms with Crippen molar-refractivity contribution in [3.8, 4) is 0 Å². The fraction of sp³-hybridized carbons (Fsp3) is 0.923. The number of hydrogen-bond acceptors (Lipinski definition) is 3. The maximum absolute atomic E-state index is 12.1. The quantitative estimate of drug-likeness (QED) is 0.839. The SMILES string of the molecule is CC1CCCC(N2CC(CS(N)(=O)=O)CC2=O)C1C. The van der Waals surface area contributed by atoms with Crippen LogP contribution in [0.1, 0.15) is 39.5 Å². The van der Waals surface area contributed by atoms with E-state index in [0.717, 1.165) is 12.8 Å². The van der Waals surface area contributed by atoms with Crippen molar-refractivity contribution in [2.45, 2.75) is 45.6 Å². The van der Waals surface area contributed by atoms with Crippen molar-refractivity contribution in [2.75, 3.05) is 12.3 Å². The molecule has 110 valence electrons. The number of likely N-dealkylation sites (tertiary alicyclic amines) is 1. The Bertz CT molecular complexity index is 449. The van der Waals surface area contributed by atoms with Gasteiger partial charge in [0, 0.05) is 24.9 Å². The molecular formula is C13H24N2O3S. The maximum atomic E-state index is 12.1. The Balaban J connectivity index is 2.03. The molecule has 1 saturated heterocycles. The Kier molecular flexibility index (Phi) is 4.20. The summed E-state index contributed by atoms with van der Waals surface area (Å²) in [6.45, 7) is 4.99. The van der Waals surface area contributed by atoms with Crippen LogP contribution in [-0.4, -0.2) is 37.6 Å². The van der Waals surface area contributed by atoms with Crippen LogP contribution in [0.25, 0.3) is 0 Å². The highest BCUT2D eigenvalue weighted by atomic mass is 32.2. The number of nitrogens with two attached hydrogens (primary N) is 1. The van der Waals surface area contributed by atoms with E-state index in [1.807, 2.05) is 4.90 Å². The first-order chi connectivity index (χ1) is 8.78. The van der Waals surface area contributed by atoms with Gasteiger partial charge in [0.2, 0.25) is 15.9 Å². The van der Waals surface area contributed by atoms with Gasteiger partial charge in [0.1, 0.15) is 0 Å². The molecule has 0 bridgehead atoms. The Morgan fingerprint density at radius 3 is 2.63 bits per heavy atom. The topological polar surface area (TPSA) is 80.5 Å². The van der Waals surface area contributed by atoms with Crippen molar-refractivity contribution in [3.63, 3.8) is 0 Å². The molecule has 6 heteroatoms. The van der Waals surface area contributed by atoms with E-state index in [9.17, 15) is 13.2 Å². The number of rotatable bonds is 3. The van der Waals surface area contributed by atoms with Gasteiger partial charge >= 0.3 is 0 Å². The molecule has 5 nitrogen and oxygen atoms in total. The highest BCUT2D eigenvalue weighted by molar-refractivity contribution is 7.89. The zero-order valence-corrected chi connectivity index (χ0v) is 12.5. The molecule has 1 aliphatic heterocycles. The normalized spacial score (nSPS) is 36.8. The number of carbonyl (C=O) groups is 1. The van der Waals surface area contributed by atoms with Gasteiger partial charge in [0.15, 0.2) is 0 Å². The zero-order valence-electron chi connectivity index (χ0n) is 11.7. The van der Waals surface area contributed by atoms with E-state index in [1.54, 1.807) is 0 Å². The second kappa shape index (κ2) is 5.40. The lowest BCUT2D eigenvalue weighted by Gasteiger charge is -2.40. The van der Waals surface area contributed by atoms with Gasteiger partial charge in [0.05, 0.1) is 5.75 Å². The van der Waals surface area contributed by atoms with Crippen molar-refractivity contribution in [1.29, 1.82) is 0 Å².